The monoisotopic (exact) mass is 444 g/mol. The van der Waals surface area contributed by atoms with E-state index in [0.717, 1.165) is 17.5 Å². The van der Waals surface area contributed by atoms with Gasteiger partial charge in [0.1, 0.15) is 0 Å². The second-order valence-electron chi connectivity index (χ2n) is 8.02. The van der Waals surface area contributed by atoms with Crippen LogP contribution < -0.4 is 5.32 Å². The lowest BCUT2D eigenvalue weighted by molar-refractivity contribution is -0.137. The summed E-state index contributed by atoms with van der Waals surface area (Å²) in [4.78, 5) is 6.62. The van der Waals surface area contributed by atoms with Crippen LogP contribution in [0, 0.1) is 5.92 Å². The van der Waals surface area contributed by atoms with Crippen molar-refractivity contribution in [2.75, 3.05) is 6.54 Å². The largest absolute Gasteiger partial charge is 0.416 e. The molecule has 1 aliphatic rings. The highest BCUT2D eigenvalue weighted by Crippen LogP contribution is 2.40. The van der Waals surface area contributed by atoms with Crippen molar-refractivity contribution in [2.24, 2.45) is 5.92 Å². The summed E-state index contributed by atoms with van der Waals surface area (Å²) in [6.45, 7) is 4.94. The number of thiocarbonyl (C=S) groups is 1. The number of halogens is 3. The molecule has 4 rings (SSSR count). The van der Waals surface area contributed by atoms with Crippen molar-refractivity contribution in [3.63, 3.8) is 0 Å². The molecule has 1 saturated heterocycles. The molecule has 1 aliphatic heterocycles. The Morgan fingerprint density at radius 2 is 1.90 bits per heavy atom. The Balaban J connectivity index is 1.81. The molecule has 3 aromatic rings. The summed E-state index contributed by atoms with van der Waals surface area (Å²) in [5.74, 6) is 0.349. The van der Waals surface area contributed by atoms with Crippen LogP contribution in [-0.2, 0) is 6.18 Å². The van der Waals surface area contributed by atoms with E-state index in [1.54, 1.807) is 23.0 Å². The van der Waals surface area contributed by atoms with Gasteiger partial charge in [0.05, 0.1) is 23.3 Å². The number of benzene rings is 1. The molecule has 162 valence electrons. The molecule has 0 bridgehead atoms. The fourth-order valence-electron chi connectivity index (χ4n) is 4.02. The molecule has 3 heterocycles. The van der Waals surface area contributed by atoms with Crippen LogP contribution in [0.5, 0.6) is 0 Å². The molecule has 1 N–H and O–H groups in total. The van der Waals surface area contributed by atoms with Gasteiger partial charge in [0, 0.05) is 30.3 Å². The maximum Gasteiger partial charge on any atom is 0.416 e. The van der Waals surface area contributed by atoms with Crippen molar-refractivity contribution in [2.45, 2.75) is 32.1 Å². The molecule has 31 heavy (non-hydrogen) atoms. The Labute approximate surface area is 184 Å². The van der Waals surface area contributed by atoms with E-state index in [2.05, 4.69) is 29.0 Å². The van der Waals surface area contributed by atoms with E-state index in [4.69, 9.17) is 12.2 Å². The first-order chi connectivity index (χ1) is 14.8. The van der Waals surface area contributed by atoms with E-state index >= 15 is 0 Å². The zero-order valence-corrected chi connectivity index (χ0v) is 18.0. The number of nitrogens with one attached hydrogen (secondary N) is 1. The van der Waals surface area contributed by atoms with Gasteiger partial charge in [-0.15, -0.1) is 0 Å². The van der Waals surface area contributed by atoms with Crippen LogP contribution in [0.3, 0.4) is 0 Å². The fourth-order valence-corrected chi connectivity index (χ4v) is 4.33. The molecule has 0 unspecified atom stereocenters. The molecule has 0 radical (unpaired) electrons. The van der Waals surface area contributed by atoms with E-state index in [9.17, 15) is 13.2 Å². The van der Waals surface area contributed by atoms with Crippen molar-refractivity contribution in [3.8, 4) is 5.69 Å². The van der Waals surface area contributed by atoms with Gasteiger partial charge in [0.2, 0.25) is 0 Å². The third-order valence-electron chi connectivity index (χ3n) is 5.29. The molecule has 0 saturated carbocycles. The Morgan fingerprint density at radius 1 is 1.10 bits per heavy atom. The third kappa shape index (κ3) is 4.30. The SMILES string of the molecule is CC(C)CN1C(=S)N[C@@H](c2ccccn2)[C@@H]1c1cccn1-c1cccc(C(F)(F)F)c1. The summed E-state index contributed by atoms with van der Waals surface area (Å²) in [7, 11) is 0. The standard InChI is InChI=1S/C23H23F3N4S/c1-15(2)14-30-21(20(28-22(30)31)18-9-3-4-11-27-18)19-10-6-12-29(19)17-8-5-7-16(13-17)23(24,25)26/h3-13,15,20-21H,14H2,1-2H3,(H,28,31)/t20-,21-/m0/s1. The van der Waals surface area contributed by atoms with E-state index in [1.165, 1.54) is 12.1 Å². The number of rotatable bonds is 5. The lowest BCUT2D eigenvalue weighted by Gasteiger charge is -2.30. The maximum atomic E-state index is 13.3. The number of aromatic nitrogens is 2. The van der Waals surface area contributed by atoms with Crippen molar-refractivity contribution in [3.05, 3.63) is 83.9 Å². The van der Waals surface area contributed by atoms with Crippen LogP contribution in [0.2, 0.25) is 0 Å². The second kappa shape index (κ2) is 8.34. The Bertz CT molecular complexity index is 1060. The Morgan fingerprint density at radius 3 is 2.58 bits per heavy atom. The fraction of sp³-hybridized carbons (Fsp3) is 0.304. The summed E-state index contributed by atoms with van der Waals surface area (Å²) in [5.41, 5.74) is 1.46. The van der Waals surface area contributed by atoms with Gasteiger partial charge in [-0.25, -0.2) is 0 Å². The molecule has 8 heteroatoms. The molecule has 0 spiro atoms. The lowest BCUT2D eigenvalue weighted by atomic mass is 10.0. The molecule has 2 atom stereocenters. The van der Waals surface area contributed by atoms with Crippen molar-refractivity contribution < 1.29 is 13.2 Å². The van der Waals surface area contributed by atoms with Gasteiger partial charge in [-0.2, -0.15) is 13.2 Å². The van der Waals surface area contributed by atoms with Gasteiger partial charge < -0.3 is 14.8 Å². The summed E-state index contributed by atoms with van der Waals surface area (Å²) < 4.78 is 41.7. The van der Waals surface area contributed by atoms with Crippen LogP contribution in [0.25, 0.3) is 5.69 Å². The second-order valence-corrected chi connectivity index (χ2v) is 8.41. The number of hydrogen-bond acceptors (Lipinski definition) is 2. The van der Waals surface area contributed by atoms with Gasteiger partial charge in [-0.3, -0.25) is 4.98 Å². The van der Waals surface area contributed by atoms with Crippen LogP contribution in [-0.4, -0.2) is 26.1 Å². The molecular formula is C23H23F3N4S. The van der Waals surface area contributed by atoms with Gasteiger partial charge in [-0.1, -0.05) is 26.0 Å². The normalized spacial score (nSPS) is 19.2. The smallest absolute Gasteiger partial charge is 0.352 e. The summed E-state index contributed by atoms with van der Waals surface area (Å²) in [6, 6.07) is 14.4. The predicted molar refractivity (Wildman–Crippen MR) is 118 cm³/mol. The van der Waals surface area contributed by atoms with Crippen LogP contribution >= 0.6 is 12.2 Å². The average Bonchev–Trinajstić information content (AvgIpc) is 3.33. The minimum Gasteiger partial charge on any atom is -0.352 e. The molecule has 2 aromatic heterocycles. The summed E-state index contributed by atoms with van der Waals surface area (Å²) >= 11 is 5.65. The van der Waals surface area contributed by atoms with Crippen molar-refractivity contribution >= 4 is 17.3 Å². The van der Waals surface area contributed by atoms with E-state index in [-0.39, 0.29) is 12.1 Å². The summed E-state index contributed by atoms with van der Waals surface area (Å²) in [6.07, 6.45) is -0.886. The van der Waals surface area contributed by atoms with Gasteiger partial charge in [0.25, 0.3) is 0 Å². The van der Waals surface area contributed by atoms with E-state index < -0.39 is 11.7 Å². The molecular weight excluding hydrogens is 421 g/mol. The van der Waals surface area contributed by atoms with Gasteiger partial charge in [-0.05, 0) is 60.6 Å². The Kier molecular flexibility index (Phi) is 5.75. The van der Waals surface area contributed by atoms with Crippen molar-refractivity contribution in [1.82, 2.24) is 19.8 Å². The average molecular weight is 445 g/mol. The van der Waals surface area contributed by atoms with Crippen LogP contribution in [0.15, 0.2) is 67.0 Å². The van der Waals surface area contributed by atoms with Gasteiger partial charge >= 0.3 is 6.18 Å². The number of nitrogens with zero attached hydrogens (tertiary/aromatic N) is 3. The number of alkyl halides is 3. The highest BCUT2D eigenvalue weighted by Gasteiger charge is 2.41. The van der Waals surface area contributed by atoms with E-state index in [1.807, 2.05) is 30.3 Å². The molecule has 1 fully saturated rings. The first-order valence-electron chi connectivity index (χ1n) is 10.1. The third-order valence-corrected chi connectivity index (χ3v) is 5.65. The zero-order chi connectivity index (χ0) is 22.2. The van der Waals surface area contributed by atoms with E-state index in [0.29, 0.717) is 23.3 Å². The number of hydrogen-bond donors (Lipinski definition) is 1. The minimum absolute atomic E-state index is 0.214. The minimum atomic E-state index is -4.40. The van der Waals surface area contributed by atoms with Gasteiger partial charge in [0.15, 0.2) is 5.11 Å². The number of pyridine rings is 1. The topological polar surface area (TPSA) is 33.1 Å². The molecule has 1 aromatic carbocycles. The first-order valence-corrected chi connectivity index (χ1v) is 10.5. The molecule has 0 aliphatic carbocycles. The highest BCUT2D eigenvalue weighted by atomic mass is 32.1. The predicted octanol–water partition coefficient (Wildman–Crippen LogP) is 5.52. The van der Waals surface area contributed by atoms with Crippen LogP contribution in [0.1, 0.15) is 42.9 Å². The lowest BCUT2D eigenvalue weighted by Crippen LogP contribution is -2.33. The highest BCUT2D eigenvalue weighted by molar-refractivity contribution is 7.80. The molecule has 0 amide bonds. The van der Waals surface area contributed by atoms with Crippen molar-refractivity contribution in [1.29, 1.82) is 0 Å². The Hall–Kier alpha value is -2.87. The first kappa shape index (κ1) is 21.4. The molecule has 4 nitrogen and oxygen atoms in total. The summed E-state index contributed by atoms with van der Waals surface area (Å²) in [5, 5.41) is 4.00. The zero-order valence-electron chi connectivity index (χ0n) is 17.2. The van der Waals surface area contributed by atoms with Crippen LogP contribution in [0.4, 0.5) is 13.2 Å². The maximum absolute atomic E-state index is 13.3. The quantitative estimate of drug-likeness (QED) is 0.526.